The topological polar surface area (TPSA) is 46.5 Å². The molecular formula is C21H25N3O. The van der Waals surface area contributed by atoms with Crippen molar-refractivity contribution < 1.29 is 4.74 Å². The number of para-hydroxylation sites is 1. The van der Waals surface area contributed by atoms with E-state index in [1.807, 2.05) is 30.5 Å². The molecule has 4 rings (SSSR count). The van der Waals surface area contributed by atoms with Gasteiger partial charge >= 0.3 is 0 Å². The quantitative estimate of drug-likeness (QED) is 0.914. The molecule has 2 aliphatic heterocycles. The highest BCUT2D eigenvalue weighted by atomic mass is 16.5. The van der Waals surface area contributed by atoms with Gasteiger partial charge in [-0.2, -0.15) is 0 Å². The van der Waals surface area contributed by atoms with E-state index in [0.717, 1.165) is 47.4 Å². The number of hydrogen-bond donors (Lipinski definition) is 1. The number of hydrogen-bond acceptors (Lipinski definition) is 4. The van der Waals surface area contributed by atoms with Gasteiger partial charge in [-0.1, -0.05) is 39.0 Å². The summed E-state index contributed by atoms with van der Waals surface area (Å²) < 4.78 is 6.43. The van der Waals surface area contributed by atoms with E-state index >= 15 is 0 Å². The van der Waals surface area contributed by atoms with Crippen molar-refractivity contribution in [3.05, 3.63) is 42.1 Å². The Kier molecular flexibility index (Phi) is 4.08. The Morgan fingerprint density at radius 1 is 1.20 bits per heavy atom. The fraction of sp³-hybridized carbons (Fsp3) is 0.429. The van der Waals surface area contributed by atoms with E-state index < -0.39 is 0 Å². The summed E-state index contributed by atoms with van der Waals surface area (Å²) in [7, 11) is 0. The van der Waals surface area contributed by atoms with Crippen LogP contribution in [-0.2, 0) is 0 Å². The molecule has 1 N–H and O–H groups in total. The summed E-state index contributed by atoms with van der Waals surface area (Å²) in [5, 5.41) is 4.67. The summed E-state index contributed by atoms with van der Waals surface area (Å²) in [6.07, 6.45) is 6.11. The van der Waals surface area contributed by atoms with Gasteiger partial charge in [-0.15, -0.1) is 0 Å². The van der Waals surface area contributed by atoms with E-state index in [2.05, 4.69) is 43.2 Å². The summed E-state index contributed by atoms with van der Waals surface area (Å²) in [6, 6.07) is 10.7. The Bertz CT molecular complexity index is 848. The smallest absolute Gasteiger partial charge is 0.131 e. The van der Waals surface area contributed by atoms with Crippen molar-refractivity contribution in [1.29, 1.82) is 0 Å². The summed E-state index contributed by atoms with van der Waals surface area (Å²) in [5.74, 6) is 0.907. The third kappa shape index (κ3) is 3.31. The van der Waals surface area contributed by atoms with Gasteiger partial charge in [0.15, 0.2) is 0 Å². The minimum atomic E-state index is 0.184. The van der Waals surface area contributed by atoms with Gasteiger partial charge < -0.3 is 10.1 Å². The van der Waals surface area contributed by atoms with Crippen LogP contribution in [0.4, 0.5) is 0 Å². The Hall–Kier alpha value is -2.20. The first-order valence-electron chi connectivity index (χ1n) is 9.03. The van der Waals surface area contributed by atoms with Gasteiger partial charge in [-0.3, -0.25) is 4.99 Å². The maximum absolute atomic E-state index is 6.43. The number of aliphatic imine (C=N–C) groups is 1. The number of rotatable bonds is 3. The monoisotopic (exact) mass is 335 g/mol. The van der Waals surface area contributed by atoms with Crippen LogP contribution in [0.5, 0.6) is 5.75 Å². The van der Waals surface area contributed by atoms with Crippen molar-refractivity contribution in [3.8, 4) is 5.75 Å². The maximum Gasteiger partial charge on any atom is 0.131 e. The molecule has 0 saturated carbocycles. The van der Waals surface area contributed by atoms with Crippen molar-refractivity contribution in [2.24, 2.45) is 10.4 Å². The SMILES string of the molecule is CC(C)(C)C1CC(Oc2cc(C3=CCC=N3)nc3ccccc23)CN1. The Labute approximate surface area is 149 Å². The second-order valence-electron chi connectivity index (χ2n) is 7.96. The number of benzene rings is 1. The van der Waals surface area contributed by atoms with Gasteiger partial charge in [0.2, 0.25) is 0 Å². The van der Waals surface area contributed by atoms with Crippen molar-refractivity contribution in [2.75, 3.05) is 6.54 Å². The minimum absolute atomic E-state index is 0.184. The highest BCUT2D eigenvalue weighted by molar-refractivity contribution is 5.89. The van der Waals surface area contributed by atoms with Crippen molar-refractivity contribution in [2.45, 2.75) is 45.8 Å². The first kappa shape index (κ1) is 16.3. The second kappa shape index (κ2) is 6.26. The summed E-state index contributed by atoms with van der Waals surface area (Å²) >= 11 is 0. The van der Waals surface area contributed by atoms with E-state index in [-0.39, 0.29) is 11.5 Å². The van der Waals surface area contributed by atoms with E-state index in [4.69, 9.17) is 9.72 Å². The minimum Gasteiger partial charge on any atom is -0.488 e. The molecule has 0 amide bonds. The van der Waals surface area contributed by atoms with Crippen LogP contribution in [0.3, 0.4) is 0 Å². The molecular weight excluding hydrogens is 310 g/mol. The lowest BCUT2D eigenvalue weighted by atomic mass is 9.86. The molecule has 25 heavy (non-hydrogen) atoms. The molecule has 130 valence electrons. The maximum atomic E-state index is 6.43. The largest absolute Gasteiger partial charge is 0.488 e. The average Bonchev–Trinajstić information content (AvgIpc) is 3.26. The number of nitrogens with one attached hydrogen (secondary N) is 1. The molecule has 2 unspecified atom stereocenters. The molecule has 0 radical (unpaired) electrons. The number of pyridine rings is 1. The molecule has 2 atom stereocenters. The molecule has 0 spiro atoms. The van der Waals surface area contributed by atoms with Crippen LogP contribution in [0.15, 0.2) is 41.4 Å². The Balaban J connectivity index is 1.65. The van der Waals surface area contributed by atoms with Crippen LogP contribution >= 0.6 is 0 Å². The molecule has 2 aliphatic rings. The number of nitrogens with zero attached hydrogens (tertiary/aromatic N) is 2. The molecule has 1 aromatic heterocycles. The predicted octanol–water partition coefficient (Wildman–Crippen LogP) is 4.21. The van der Waals surface area contributed by atoms with Gasteiger partial charge in [0.1, 0.15) is 11.9 Å². The zero-order valence-electron chi connectivity index (χ0n) is 15.1. The van der Waals surface area contributed by atoms with E-state index in [1.165, 1.54) is 0 Å². The van der Waals surface area contributed by atoms with Crippen LogP contribution < -0.4 is 10.1 Å². The predicted molar refractivity (Wildman–Crippen MR) is 103 cm³/mol. The van der Waals surface area contributed by atoms with Crippen LogP contribution in [0.1, 0.15) is 39.3 Å². The first-order valence-corrected chi connectivity index (χ1v) is 9.03. The van der Waals surface area contributed by atoms with Crippen LogP contribution in [0.25, 0.3) is 16.6 Å². The summed E-state index contributed by atoms with van der Waals surface area (Å²) in [4.78, 5) is 9.20. The third-order valence-corrected chi connectivity index (χ3v) is 5.02. The number of allylic oxidation sites excluding steroid dienone is 1. The van der Waals surface area contributed by atoms with Gasteiger partial charge in [-0.25, -0.2) is 4.98 Å². The lowest BCUT2D eigenvalue weighted by Gasteiger charge is -2.26. The summed E-state index contributed by atoms with van der Waals surface area (Å²) in [6.45, 7) is 7.71. The molecule has 1 aromatic carbocycles. The standard InChI is InChI=1S/C21H25N3O/c1-21(2,3)20-11-14(13-23-20)25-19-12-18(17-9-6-10-22-17)24-16-8-5-4-7-15(16)19/h4-5,7-10,12,14,20,23H,6,11,13H2,1-3H3. The molecule has 3 heterocycles. The molecule has 1 saturated heterocycles. The lowest BCUT2D eigenvalue weighted by Crippen LogP contribution is -2.34. The third-order valence-electron chi connectivity index (χ3n) is 5.02. The van der Waals surface area contributed by atoms with Crippen molar-refractivity contribution in [3.63, 3.8) is 0 Å². The first-order chi connectivity index (χ1) is 12.0. The Morgan fingerprint density at radius 3 is 2.76 bits per heavy atom. The molecule has 0 bridgehead atoms. The number of fused-ring (bicyclic) bond motifs is 1. The zero-order chi connectivity index (χ0) is 17.4. The molecule has 4 nitrogen and oxygen atoms in total. The van der Waals surface area contributed by atoms with Crippen LogP contribution in [0, 0.1) is 5.41 Å². The summed E-state index contributed by atoms with van der Waals surface area (Å²) in [5.41, 5.74) is 3.03. The van der Waals surface area contributed by atoms with Crippen molar-refractivity contribution >= 4 is 22.8 Å². The normalized spacial score (nSPS) is 23.2. The molecule has 4 heteroatoms. The highest BCUT2D eigenvalue weighted by Gasteiger charge is 2.34. The van der Waals surface area contributed by atoms with E-state index in [9.17, 15) is 0 Å². The van der Waals surface area contributed by atoms with E-state index in [0.29, 0.717) is 6.04 Å². The average molecular weight is 335 g/mol. The Morgan fingerprint density at radius 2 is 2.04 bits per heavy atom. The van der Waals surface area contributed by atoms with Gasteiger partial charge in [0.25, 0.3) is 0 Å². The van der Waals surface area contributed by atoms with Gasteiger partial charge in [0.05, 0.1) is 16.9 Å². The fourth-order valence-corrected chi connectivity index (χ4v) is 3.54. The fourth-order valence-electron chi connectivity index (χ4n) is 3.54. The van der Waals surface area contributed by atoms with Gasteiger partial charge in [0, 0.05) is 43.1 Å². The molecule has 0 aliphatic carbocycles. The van der Waals surface area contributed by atoms with E-state index in [1.54, 1.807) is 0 Å². The number of ether oxygens (including phenoxy) is 1. The van der Waals surface area contributed by atoms with Crippen molar-refractivity contribution in [1.82, 2.24) is 10.3 Å². The van der Waals surface area contributed by atoms with Crippen LogP contribution in [-0.4, -0.2) is 29.9 Å². The second-order valence-corrected chi connectivity index (χ2v) is 7.96. The van der Waals surface area contributed by atoms with Gasteiger partial charge in [-0.05, 0) is 17.5 Å². The lowest BCUT2D eigenvalue weighted by molar-refractivity contribution is 0.208. The molecule has 2 aromatic rings. The zero-order valence-corrected chi connectivity index (χ0v) is 15.1. The molecule has 1 fully saturated rings. The number of aromatic nitrogens is 1. The highest BCUT2D eigenvalue weighted by Crippen LogP contribution is 2.33. The van der Waals surface area contributed by atoms with Crippen LogP contribution in [0.2, 0.25) is 0 Å².